The lowest BCUT2D eigenvalue weighted by Gasteiger charge is -2.09. The van der Waals surface area contributed by atoms with Crippen molar-refractivity contribution in [1.29, 1.82) is 0 Å². The molecule has 0 spiro atoms. The quantitative estimate of drug-likeness (QED) is 0.334. The number of rotatable bonds is 6. The van der Waals surface area contributed by atoms with Gasteiger partial charge in [0.1, 0.15) is 10.8 Å². The Morgan fingerprint density at radius 2 is 1.85 bits per heavy atom. The van der Waals surface area contributed by atoms with Crippen LogP contribution < -0.4 is 10.1 Å². The van der Waals surface area contributed by atoms with Gasteiger partial charge in [0.05, 0.1) is 28.9 Å². The predicted octanol–water partition coefficient (Wildman–Crippen LogP) is 5.34. The summed E-state index contributed by atoms with van der Waals surface area (Å²) in [6.45, 7) is 0. The standard InChI is InChI=1S/C24H18ClN5O2S/c1-32-20-12-11-16(13-17(20)25)26-21(31)14-33-24-23-29-28-22(15-7-3-2-4-8-15)30(23)19-10-6-5-9-18(19)27-24/h2-13H,14H2,1H3,(H,26,31). The van der Waals surface area contributed by atoms with Crippen molar-refractivity contribution < 1.29 is 9.53 Å². The number of fused-ring (bicyclic) bond motifs is 3. The van der Waals surface area contributed by atoms with E-state index in [0.717, 1.165) is 22.4 Å². The third kappa shape index (κ3) is 4.22. The number of thioether (sulfide) groups is 1. The van der Waals surface area contributed by atoms with Gasteiger partial charge in [-0.25, -0.2) is 4.98 Å². The van der Waals surface area contributed by atoms with Gasteiger partial charge < -0.3 is 10.1 Å². The van der Waals surface area contributed by atoms with Crippen LogP contribution in [0.3, 0.4) is 0 Å². The molecule has 0 bridgehead atoms. The maximum atomic E-state index is 12.6. The van der Waals surface area contributed by atoms with Crippen molar-refractivity contribution in [3.8, 4) is 17.1 Å². The van der Waals surface area contributed by atoms with Crippen LogP contribution in [-0.2, 0) is 4.79 Å². The van der Waals surface area contributed by atoms with Crippen molar-refractivity contribution in [2.75, 3.05) is 18.2 Å². The molecule has 0 unspecified atom stereocenters. The molecule has 0 radical (unpaired) electrons. The molecule has 0 saturated heterocycles. The number of nitrogens with one attached hydrogen (secondary N) is 1. The average molecular weight is 476 g/mol. The molecule has 7 nitrogen and oxygen atoms in total. The Morgan fingerprint density at radius 3 is 2.64 bits per heavy atom. The zero-order chi connectivity index (χ0) is 22.8. The first-order valence-electron chi connectivity index (χ1n) is 10.1. The summed E-state index contributed by atoms with van der Waals surface area (Å²) in [6.07, 6.45) is 0. The van der Waals surface area contributed by atoms with E-state index in [1.165, 1.54) is 11.8 Å². The number of nitrogens with zero attached hydrogens (tertiary/aromatic N) is 4. The molecule has 0 atom stereocenters. The number of carbonyl (C=O) groups is 1. The number of hydrogen-bond donors (Lipinski definition) is 1. The van der Waals surface area contributed by atoms with Gasteiger partial charge in [-0.3, -0.25) is 9.20 Å². The topological polar surface area (TPSA) is 81.4 Å². The number of ether oxygens (including phenoxy) is 1. The van der Waals surface area contributed by atoms with Crippen LogP contribution in [0.15, 0.2) is 77.8 Å². The second-order valence-electron chi connectivity index (χ2n) is 7.14. The summed E-state index contributed by atoms with van der Waals surface area (Å²) in [6, 6.07) is 22.8. The van der Waals surface area contributed by atoms with Crippen molar-refractivity contribution in [2.24, 2.45) is 0 Å². The summed E-state index contributed by atoms with van der Waals surface area (Å²) in [4.78, 5) is 17.3. The molecule has 2 heterocycles. The molecule has 2 aromatic heterocycles. The average Bonchev–Trinajstić information content (AvgIpc) is 3.29. The van der Waals surface area contributed by atoms with E-state index in [9.17, 15) is 4.79 Å². The van der Waals surface area contributed by atoms with Gasteiger partial charge in [-0.2, -0.15) is 0 Å². The molecule has 164 valence electrons. The highest BCUT2D eigenvalue weighted by atomic mass is 35.5. The summed E-state index contributed by atoms with van der Waals surface area (Å²) in [5.41, 5.74) is 3.85. The van der Waals surface area contributed by atoms with Gasteiger partial charge in [-0.15, -0.1) is 10.2 Å². The van der Waals surface area contributed by atoms with Gasteiger partial charge in [-0.1, -0.05) is 65.8 Å². The van der Waals surface area contributed by atoms with Crippen molar-refractivity contribution in [3.63, 3.8) is 0 Å². The van der Waals surface area contributed by atoms with Crippen LogP contribution in [0.2, 0.25) is 5.02 Å². The molecular formula is C24H18ClN5O2S. The Balaban J connectivity index is 1.45. The van der Waals surface area contributed by atoms with Crippen molar-refractivity contribution in [1.82, 2.24) is 19.6 Å². The van der Waals surface area contributed by atoms with Crippen LogP contribution in [0.4, 0.5) is 5.69 Å². The van der Waals surface area contributed by atoms with Crippen LogP contribution in [0, 0.1) is 0 Å². The number of halogens is 1. The number of methoxy groups -OCH3 is 1. The number of anilines is 1. The van der Waals surface area contributed by atoms with Crippen molar-refractivity contribution >= 4 is 51.6 Å². The van der Waals surface area contributed by atoms with Gasteiger partial charge in [0.15, 0.2) is 11.5 Å². The Labute approximate surface area is 198 Å². The first kappa shape index (κ1) is 21.2. The van der Waals surface area contributed by atoms with E-state index >= 15 is 0 Å². The maximum absolute atomic E-state index is 12.6. The minimum Gasteiger partial charge on any atom is -0.495 e. The number of para-hydroxylation sites is 2. The highest BCUT2D eigenvalue weighted by Gasteiger charge is 2.17. The second-order valence-corrected chi connectivity index (χ2v) is 8.51. The number of carbonyl (C=O) groups excluding carboxylic acids is 1. The number of benzene rings is 3. The first-order valence-corrected chi connectivity index (χ1v) is 11.5. The lowest BCUT2D eigenvalue weighted by Crippen LogP contribution is -2.14. The zero-order valence-electron chi connectivity index (χ0n) is 17.5. The molecule has 33 heavy (non-hydrogen) atoms. The second kappa shape index (κ2) is 9.09. The SMILES string of the molecule is COc1ccc(NC(=O)CSc2nc3ccccc3n3c(-c4ccccc4)nnc23)cc1Cl. The first-order chi connectivity index (χ1) is 16.1. The largest absolute Gasteiger partial charge is 0.495 e. The van der Waals surface area contributed by atoms with Crippen LogP contribution >= 0.6 is 23.4 Å². The lowest BCUT2D eigenvalue weighted by molar-refractivity contribution is -0.113. The molecule has 3 aromatic carbocycles. The minimum atomic E-state index is -0.183. The van der Waals surface area contributed by atoms with Gasteiger partial charge >= 0.3 is 0 Å². The minimum absolute atomic E-state index is 0.151. The van der Waals surface area contributed by atoms with Crippen LogP contribution in [0.5, 0.6) is 5.75 Å². The van der Waals surface area contributed by atoms with Gasteiger partial charge in [0.25, 0.3) is 0 Å². The number of amides is 1. The molecule has 0 aliphatic heterocycles. The third-order valence-electron chi connectivity index (χ3n) is 5.01. The van der Waals surface area contributed by atoms with Crippen LogP contribution in [-0.4, -0.2) is 38.4 Å². The fourth-order valence-electron chi connectivity index (χ4n) is 3.50. The normalized spacial score (nSPS) is 11.1. The molecule has 0 aliphatic rings. The van der Waals surface area contributed by atoms with Gasteiger partial charge in [0.2, 0.25) is 5.91 Å². The fraction of sp³-hybridized carbons (Fsp3) is 0.0833. The van der Waals surface area contributed by atoms with Gasteiger partial charge in [-0.05, 0) is 30.3 Å². The fourth-order valence-corrected chi connectivity index (χ4v) is 4.53. The summed E-state index contributed by atoms with van der Waals surface area (Å²) in [7, 11) is 1.54. The Hall–Kier alpha value is -3.62. The van der Waals surface area contributed by atoms with E-state index in [1.54, 1.807) is 25.3 Å². The zero-order valence-corrected chi connectivity index (χ0v) is 19.1. The molecule has 9 heteroatoms. The van der Waals surface area contributed by atoms with Crippen molar-refractivity contribution in [3.05, 3.63) is 77.8 Å². The van der Waals surface area contributed by atoms with Gasteiger partial charge in [0, 0.05) is 11.3 Å². The van der Waals surface area contributed by atoms with E-state index < -0.39 is 0 Å². The monoisotopic (exact) mass is 475 g/mol. The Morgan fingerprint density at radius 1 is 1.06 bits per heavy atom. The summed E-state index contributed by atoms with van der Waals surface area (Å²) in [5, 5.41) is 12.7. The van der Waals surface area contributed by atoms with E-state index in [4.69, 9.17) is 21.3 Å². The molecule has 1 amide bonds. The van der Waals surface area contributed by atoms with Crippen LogP contribution in [0.25, 0.3) is 28.1 Å². The summed E-state index contributed by atoms with van der Waals surface area (Å²) >= 11 is 7.46. The molecule has 0 fully saturated rings. The Kier molecular flexibility index (Phi) is 5.85. The molecule has 5 aromatic rings. The van der Waals surface area contributed by atoms with Crippen LogP contribution in [0.1, 0.15) is 0 Å². The number of hydrogen-bond acceptors (Lipinski definition) is 6. The number of aromatic nitrogens is 4. The van der Waals surface area contributed by atoms with E-state index in [0.29, 0.717) is 27.1 Å². The molecular weight excluding hydrogens is 458 g/mol. The third-order valence-corrected chi connectivity index (χ3v) is 6.26. The smallest absolute Gasteiger partial charge is 0.234 e. The maximum Gasteiger partial charge on any atom is 0.234 e. The molecule has 0 aliphatic carbocycles. The molecule has 5 rings (SSSR count). The predicted molar refractivity (Wildman–Crippen MR) is 131 cm³/mol. The molecule has 0 saturated carbocycles. The highest BCUT2D eigenvalue weighted by Crippen LogP contribution is 2.30. The molecule has 1 N–H and O–H groups in total. The highest BCUT2D eigenvalue weighted by molar-refractivity contribution is 8.00. The Bertz CT molecular complexity index is 1470. The van der Waals surface area contributed by atoms with E-state index in [-0.39, 0.29) is 11.7 Å². The summed E-state index contributed by atoms with van der Waals surface area (Å²) < 4.78 is 7.14. The lowest BCUT2D eigenvalue weighted by atomic mass is 10.2. The van der Waals surface area contributed by atoms with Crippen molar-refractivity contribution in [2.45, 2.75) is 5.03 Å². The summed E-state index contributed by atoms with van der Waals surface area (Å²) in [5.74, 6) is 1.24. The van der Waals surface area contributed by atoms with E-state index in [1.807, 2.05) is 59.0 Å². The van der Waals surface area contributed by atoms with E-state index in [2.05, 4.69) is 15.5 Å².